The number of hydrogen-bond donors (Lipinski definition) is 0. The minimum Gasteiger partial charge on any atom is -0.496 e. The molecule has 26 heavy (non-hydrogen) atoms. The van der Waals surface area contributed by atoms with E-state index in [1.165, 1.54) is 0 Å². The number of methoxy groups -OCH3 is 1. The number of carbonyl (C=O) groups is 1. The van der Waals surface area contributed by atoms with Crippen molar-refractivity contribution in [3.63, 3.8) is 0 Å². The van der Waals surface area contributed by atoms with Gasteiger partial charge in [-0.1, -0.05) is 12.1 Å². The lowest BCUT2D eigenvalue weighted by Gasteiger charge is -2.09. The van der Waals surface area contributed by atoms with E-state index in [0.717, 1.165) is 29.1 Å². The lowest BCUT2D eigenvalue weighted by atomic mass is 10.1. The SMILES string of the molecule is CCn1ncc(C(=O)C=Cc2ccc(OC)c(Cn3cccn3)c2)c1C. The van der Waals surface area contributed by atoms with Crippen LogP contribution in [0.4, 0.5) is 0 Å². The fraction of sp³-hybridized carbons (Fsp3) is 0.250. The smallest absolute Gasteiger partial charge is 0.189 e. The Hall–Kier alpha value is -3.15. The second kappa shape index (κ2) is 7.82. The molecule has 0 aliphatic rings. The van der Waals surface area contributed by atoms with Crippen LogP contribution in [0, 0.1) is 6.92 Å². The van der Waals surface area contributed by atoms with Crippen molar-refractivity contribution in [3.05, 3.63) is 71.3 Å². The first-order valence-corrected chi connectivity index (χ1v) is 8.51. The van der Waals surface area contributed by atoms with Crippen molar-refractivity contribution in [2.24, 2.45) is 0 Å². The molecule has 2 aromatic heterocycles. The minimum absolute atomic E-state index is 0.0494. The van der Waals surface area contributed by atoms with E-state index < -0.39 is 0 Å². The second-order valence-electron chi connectivity index (χ2n) is 5.93. The van der Waals surface area contributed by atoms with Crippen molar-refractivity contribution in [1.29, 1.82) is 0 Å². The Bertz CT molecular complexity index is 923. The lowest BCUT2D eigenvalue weighted by Crippen LogP contribution is -2.03. The summed E-state index contributed by atoms with van der Waals surface area (Å²) in [6.45, 7) is 5.27. The highest BCUT2D eigenvalue weighted by atomic mass is 16.5. The number of allylic oxidation sites excluding steroid dienone is 1. The quantitative estimate of drug-likeness (QED) is 0.484. The molecule has 0 aliphatic carbocycles. The minimum atomic E-state index is -0.0494. The Kier molecular flexibility index (Phi) is 5.31. The molecule has 0 unspecified atom stereocenters. The number of aromatic nitrogens is 4. The predicted molar refractivity (Wildman–Crippen MR) is 100 cm³/mol. The molecule has 0 aliphatic heterocycles. The number of aryl methyl sites for hydroxylation is 1. The van der Waals surface area contributed by atoms with Gasteiger partial charge in [-0.3, -0.25) is 14.2 Å². The average molecular weight is 350 g/mol. The third-order valence-corrected chi connectivity index (χ3v) is 4.29. The Morgan fingerprint density at radius 3 is 2.81 bits per heavy atom. The van der Waals surface area contributed by atoms with E-state index >= 15 is 0 Å². The third kappa shape index (κ3) is 3.74. The van der Waals surface area contributed by atoms with Gasteiger partial charge < -0.3 is 4.74 Å². The Morgan fingerprint density at radius 2 is 2.15 bits per heavy atom. The Balaban J connectivity index is 1.81. The van der Waals surface area contributed by atoms with Gasteiger partial charge in [0.2, 0.25) is 0 Å². The van der Waals surface area contributed by atoms with Crippen LogP contribution in [0.1, 0.15) is 34.1 Å². The van der Waals surface area contributed by atoms with Gasteiger partial charge in [-0.25, -0.2) is 0 Å². The first-order chi connectivity index (χ1) is 12.6. The molecule has 134 valence electrons. The van der Waals surface area contributed by atoms with Crippen LogP contribution < -0.4 is 4.74 Å². The first kappa shape index (κ1) is 17.7. The average Bonchev–Trinajstić information content (AvgIpc) is 3.29. The molecule has 0 fully saturated rings. The first-order valence-electron chi connectivity index (χ1n) is 8.51. The molecule has 0 saturated carbocycles. The van der Waals surface area contributed by atoms with Crippen molar-refractivity contribution < 1.29 is 9.53 Å². The fourth-order valence-electron chi connectivity index (χ4n) is 2.86. The summed E-state index contributed by atoms with van der Waals surface area (Å²) in [5.74, 6) is 0.746. The van der Waals surface area contributed by atoms with Gasteiger partial charge in [0.1, 0.15) is 5.75 Å². The standard InChI is InChI=1S/C20H22N4O2/c1-4-24-15(2)18(13-22-24)19(25)8-6-16-7-9-20(26-3)17(12-16)14-23-11-5-10-21-23/h5-13H,4,14H2,1-3H3. The topological polar surface area (TPSA) is 61.9 Å². The monoisotopic (exact) mass is 350 g/mol. The zero-order chi connectivity index (χ0) is 18.5. The van der Waals surface area contributed by atoms with Crippen LogP contribution in [0.5, 0.6) is 5.75 Å². The number of ether oxygens (including phenoxy) is 1. The van der Waals surface area contributed by atoms with Crippen LogP contribution >= 0.6 is 0 Å². The molecule has 2 heterocycles. The zero-order valence-corrected chi connectivity index (χ0v) is 15.2. The number of benzene rings is 1. The van der Waals surface area contributed by atoms with E-state index in [1.54, 1.807) is 25.6 Å². The normalized spacial score (nSPS) is 11.2. The molecule has 0 saturated heterocycles. The summed E-state index contributed by atoms with van der Waals surface area (Å²) in [4.78, 5) is 12.5. The molecular weight excluding hydrogens is 328 g/mol. The van der Waals surface area contributed by atoms with E-state index in [4.69, 9.17) is 4.74 Å². The second-order valence-corrected chi connectivity index (χ2v) is 5.93. The van der Waals surface area contributed by atoms with Gasteiger partial charge in [-0.2, -0.15) is 10.2 Å². The largest absolute Gasteiger partial charge is 0.496 e. The van der Waals surface area contributed by atoms with E-state index in [-0.39, 0.29) is 5.78 Å². The van der Waals surface area contributed by atoms with Crippen LogP contribution in [-0.4, -0.2) is 32.5 Å². The van der Waals surface area contributed by atoms with Gasteiger partial charge in [0.15, 0.2) is 5.78 Å². The number of carbonyl (C=O) groups excluding carboxylic acids is 1. The Morgan fingerprint density at radius 1 is 1.31 bits per heavy atom. The van der Waals surface area contributed by atoms with Crippen molar-refractivity contribution in [3.8, 4) is 5.75 Å². The Labute approximate surface area is 152 Å². The molecule has 6 heteroatoms. The maximum Gasteiger partial charge on any atom is 0.189 e. The lowest BCUT2D eigenvalue weighted by molar-refractivity contribution is 0.104. The maximum atomic E-state index is 12.5. The molecule has 3 rings (SSSR count). The molecule has 0 radical (unpaired) electrons. The van der Waals surface area contributed by atoms with Gasteiger partial charge in [0, 0.05) is 30.2 Å². The van der Waals surface area contributed by atoms with Crippen LogP contribution in [0.2, 0.25) is 0 Å². The van der Waals surface area contributed by atoms with E-state index in [0.29, 0.717) is 12.1 Å². The van der Waals surface area contributed by atoms with Gasteiger partial charge in [-0.15, -0.1) is 0 Å². The van der Waals surface area contributed by atoms with Crippen molar-refractivity contribution >= 4 is 11.9 Å². The molecule has 0 bridgehead atoms. The summed E-state index contributed by atoms with van der Waals surface area (Å²) in [7, 11) is 1.65. The zero-order valence-electron chi connectivity index (χ0n) is 15.2. The van der Waals surface area contributed by atoms with Crippen molar-refractivity contribution in [1.82, 2.24) is 19.6 Å². The highest BCUT2D eigenvalue weighted by Crippen LogP contribution is 2.22. The highest BCUT2D eigenvalue weighted by molar-refractivity contribution is 6.07. The molecule has 0 N–H and O–H groups in total. The van der Waals surface area contributed by atoms with Gasteiger partial charge >= 0.3 is 0 Å². The van der Waals surface area contributed by atoms with Crippen LogP contribution in [-0.2, 0) is 13.1 Å². The van der Waals surface area contributed by atoms with Crippen molar-refractivity contribution in [2.75, 3.05) is 7.11 Å². The third-order valence-electron chi connectivity index (χ3n) is 4.29. The summed E-state index contributed by atoms with van der Waals surface area (Å²) in [5, 5.41) is 8.45. The molecule has 1 aromatic carbocycles. The molecule has 0 atom stereocenters. The van der Waals surface area contributed by atoms with Gasteiger partial charge in [0.05, 0.1) is 25.4 Å². The van der Waals surface area contributed by atoms with E-state index in [9.17, 15) is 4.79 Å². The van der Waals surface area contributed by atoms with Crippen LogP contribution in [0.15, 0.2) is 48.9 Å². The summed E-state index contributed by atoms with van der Waals surface area (Å²) < 4.78 is 9.08. The number of rotatable bonds is 7. The van der Waals surface area contributed by atoms with E-state index in [1.807, 2.05) is 59.7 Å². The van der Waals surface area contributed by atoms with Gasteiger partial charge in [0.25, 0.3) is 0 Å². The number of ketones is 1. The molecular formula is C20H22N4O2. The van der Waals surface area contributed by atoms with Crippen LogP contribution in [0.25, 0.3) is 6.08 Å². The summed E-state index contributed by atoms with van der Waals surface area (Å²) in [6.07, 6.45) is 8.68. The number of hydrogen-bond acceptors (Lipinski definition) is 4. The maximum absolute atomic E-state index is 12.5. The van der Waals surface area contributed by atoms with E-state index in [2.05, 4.69) is 10.2 Å². The van der Waals surface area contributed by atoms with Crippen molar-refractivity contribution in [2.45, 2.75) is 26.9 Å². The predicted octanol–water partition coefficient (Wildman–Crippen LogP) is 3.36. The highest BCUT2D eigenvalue weighted by Gasteiger charge is 2.11. The molecule has 6 nitrogen and oxygen atoms in total. The summed E-state index contributed by atoms with van der Waals surface area (Å²) >= 11 is 0. The van der Waals surface area contributed by atoms with Gasteiger partial charge in [-0.05, 0) is 43.7 Å². The summed E-state index contributed by atoms with van der Waals surface area (Å²) in [5.41, 5.74) is 3.45. The molecule has 0 spiro atoms. The molecule has 0 amide bonds. The molecule has 3 aromatic rings. The number of nitrogens with zero attached hydrogens (tertiary/aromatic N) is 4. The van der Waals surface area contributed by atoms with Crippen LogP contribution in [0.3, 0.4) is 0 Å². The summed E-state index contributed by atoms with van der Waals surface area (Å²) in [6, 6.07) is 7.72. The fourth-order valence-corrected chi connectivity index (χ4v) is 2.86.